The van der Waals surface area contributed by atoms with Crippen molar-refractivity contribution in [2.45, 2.75) is 13.3 Å². The maximum Gasteiger partial charge on any atom is 0.573 e. The van der Waals surface area contributed by atoms with Gasteiger partial charge in [0.25, 0.3) is 5.88 Å². The highest BCUT2D eigenvalue weighted by molar-refractivity contribution is 5.91. The van der Waals surface area contributed by atoms with Crippen LogP contribution < -0.4 is 9.47 Å². The number of nitro groups is 1. The second-order valence-electron chi connectivity index (χ2n) is 3.39. The van der Waals surface area contributed by atoms with Gasteiger partial charge in [-0.15, -0.1) is 13.2 Å². The molecule has 0 amide bonds. The summed E-state index contributed by atoms with van der Waals surface area (Å²) in [5, 5.41) is 10.7. The Morgan fingerprint density at radius 1 is 1.48 bits per heavy atom. The third-order valence-electron chi connectivity index (χ3n) is 2.02. The first-order valence-corrected chi connectivity index (χ1v) is 5.35. The molecule has 0 N–H and O–H groups in total. The topological polar surface area (TPSA) is 101 Å². The van der Waals surface area contributed by atoms with Crippen LogP contribution in [0.25, 0.3) is 0 Å². The molecule has 0 saturated carbocycles. The molecular formula is C10H9F3N2O6. The van der Waals surface area contributed by atoms with Gasteiger partial charge in [0.2, 0.25) is 0 Å². The second kappa shape index (κ2) is 6.24. The van der Waals surface area contributed by atoms with E-state index in [1.165, 1.54) is 6.92 Å². The second-order valence-corrected chi connectivity index (χ2v) is 3.39. The van der Waals surface area contributed by atoms with Gasteiger partial charge in [-0.1, -0.05) is 0 Å². The van der Waals surface area contributed by atoms with Gasteiger partial charge in [-0.25, -0.2) is 4.79 Å². The lowest BCUT2D eigenvalue weighted by Crippen LogP contribution is -2.21. The number of rotatable bonds is 5. The Kier molecular flexibility index (Phi) is 4.89. The zero-order valence-electron chi connectivity index (χ0n) is 10.8. The van der Waals surface area contributed by atoms with E-state index in [0.29, 0.717) is 6.07 Å². The summed E-state index contributed by atoms with van der Waals surface area (Å²) in [5.74, 6) is -3.02. The molecule has 0 spiro atoms. The van der Waals surface area contributed by atoms with E-state index in [4.69, 9.17) is 0 Å². The Morgan fingerprint density at radius 2 is 2.10 bits per heavy atom. The summed E-state index contributed by atoms with van der Waals surface area (Å²) in [6, 6.07) is 0.394. The highest BCUT2D eigenvalue weighted by atomic mass is 19.4. The largest absolute Gasteiger partial charge is 0.573 e. The zero-order valence-corrected chi connectivity index (χ0v) is 10.8. The Morgan fingerprint density at radius 3 is 2.52 bits per heavy atom. The van der Waals surface area contributed by atoms with Crippen molar-refractivity contribution in [1.82, 2.24) is 4.98 Å². The van der Waals surface area contributed by atoms with E-state index >= 15 is 0 Å². The summed E-state index contributed by atoms with van der Waals surface area (Å²) in [6.07, 6.45) is -5.16. The van der Waals surface area contributed by atoms with E-state index in [1.54, 1.807) is 0 Å². The number of nitrogens with zero attached hydrogens (tertiary/aromatic N) is 2. The summed E-state index contributed by atoms with van der Waals surface area (Å²) in [4.78, 5) is 24.6. The van der Waals surface area contributed by atoms with Gasteiger partial charge in [0, 0.05) is 0 Å². The lowest BCUT2D eigenvalue weighted by atomic mass is 10.3. The van der Waals surface area contributed by atoms with Crippen LogP contribution in [0.4, 0.5) is 18.9 Å². The van der Waals surface area contributed by atoms with E-state index < -0.39 is 40.3 Å². The van der Waals surface area contributed by atoms with Gasteiger partial charge in [-0.05, 0) is 6.92 Å². The first kappa shape index (κ1) is 16.5. The van der Waals surface area contributed by atoms with E-state index in [2.05, 4.69) is 19.2 Å². The molecule has 0 saturated heterocycles. The van der Waals surface area contributed by atoms with Crippen molar-refractivity contribution in [1.29, 1.82) is 0 Å². The quantitative estimate of drug-likeness (QED) is 0.466. The highest BCUT2D eigenvalue weighted by Gasteiger charge is 2.36. The van der Waals surface area contributed by atoms with Gasteiger partial charge < -0.3 is 14.2 Å². The smallest absolute Gasteiger partial charge is 0.476 e. The molecule has 0 aromatic carbocycles. The molecule has 0 unspecified atom stereocenters. The third kappa shape index (κ3) is 4.19. The summed E-state index contributed by atoms with van der Waals surface area (Å²) in [7, 11) is 1.01. The first-order valence-electron chi connectivity index (χ1n) is 5.35. The van der Waals surface area contributed by atoms with Crippen LogP contribution in [0.3, 0.4) is 0 Å². The highest BCUT2D eigenvalue weighted by Crippen LogP contribution is 2.34. The molecular weight excluding hydrogens is 301 g/mol. The monoisotopic (exact) mass is 310 g/mol. The molecule has 0 radical (unpaired) electrons. The Balaban J connectivity index is 3.44. The van der Waals surface area contributed by atoms with Crippen molar-refractivity contribution in [2.75, 3.05) is 13.7 Å². The van der Waals surface area contributed by atoms with Crippen molar-refractivity contribution in [3.05, 3.63) is 21.9 Å². The average Bonchev–Trinajstić information content (AvgIpc) is 2.36. The Hall–Kier alpha value is -2.59. The van der Waals surface area contributed by atoms with Gasteiger partial charge in [0.15, 0.2) is 11.4 Å². The van der Waals surface area contributed by atoms with E-state index in [-0.39, 0.29) is 6.61 Å². The molecule has 0 bridgehead atoms. The minimum atomic E-state index is -5.16. The van der Waals surface area contributed by atoms with Crippen molar-refractivity contribution < 1.29 is 37.1 Å². The molecule has 1 heterocycles. The fraction of sp³-hybridized carbons (Fsp3) is 0.400. The number of alkyl halides is 3. The number of hydrogen-bond acceptors (Lipinski definition) is 7. The summed E-state index contributed by atoms with van der Waals surface area (Å²) in [6.45, 7) is 1.29. The van der Waals surface area contributed by atoms with Crippen LogP contribution in [-0.2, 0) is 4.74 Å². The number of hydrogen-bond donors (Lipinski definition) is 0. The zero-order chi connectivity index (χ0) is 16.2. The van der Waals surface area contributed by atoms with Crippen molar-refractivity contribution >= 4 is 11.7 Å². The lowest BCUT2D eigenvalue weighted by molar-refractivity contribution is -0.386. The summed E-state index contributed by atoms with van der Waals surface area (Å²) < 4.78 is 49.5. The Bertz CT molecular complexity index is 560. The van der Waals surface area contributed by atoms with Gasteiger partial charge >= 0.3 is 18.0 Å². The molecule has 1 aromatic heterocycles. The van der Waals surface area contributed by atoms with Gasteiger partial charge in [0.1, 0.15) is 0 Å². The fourth-order valence-corrected chi connectivity index (χ4v) is 1.30. The molecule has 1 aromatic rings. The van der Waals surface area contributed by atoms with Crippen LogP contribution in [0.2, 0.25) is 0 Å². The number of esters is 1. The van der Waals surface area contributed by atoms with Crippen molar-refractivity contribution in [3.63, 3.8) is 0 Å². The minimum Gasteiger partial charge on any atom is -0.476 e. The molecule has 8 nitrogen and oxygen atoms in total. The average molecular weight is 310 g/mol. The molecule has 0 aliphatic heterocycles. The molecule has 11 heteroatoms. The summed E-state index contributed by atoms with van der Waals surface area (Å²) >= 11 is 0. The van der Waals surface area contributed by atoms with Crippen LogP contribution in [0.1, 0.15) is 17.4 Å². The number of carbonyl (C=O) groups excluding carboxylic acids is 1. The molecule has 0 atom stereocenters. The normalized spacial score (nSPS) is 10.9. The van der Waals surface area contributed by atoms with Crippen LogP contribution in [0.5, 0.6) is 11.6 Å². The van der Waals surface area contributed by atoms with E-state index in [9.17, 15) is 28.1 Å². The minimum absolute atomic E-state index is 0.134. The number of aromatic nitrogens is 1. The predicted octanol–water partition coefficient (Wildman–Crippen LogP) is 2.07. The van der Waals surface area contributed by atoms with Crippen LogP contribution in [0.15, 0.2) is 6.07 Å². The standard InChI is InChI=1S/C10H9F3N2O6/c1-3-20-9(16)7-6(21-10(11,12)13)4-5(15(17)18)8(14-7)19-2/h4H,3H2,1-2H3. The SMILES string of the molecule is CCOC(=O)c1nc(OC)c([N+](=O)[O-])cc1OC(F)(F)F. The van der Waals surface area contributed by atoms with Crippen LogP contribution >= 0.6 is 0 Å². The van der Waals surface area contributed by atoms with Gasteiger partial charge in [-0.2, -0.15) is 4.98 Å². The third-order valence-corrected chi connectivity index (χ3v) is 2.02. The molecule has 1 rings (SSSR count). The Labute approximate surface area is 115 Å². The number of methoxy groups -OCH3 is 1. The lowest BCUT2D eigenvalue weighted by Gasteiger charge is -2.12. The molecule has 0 fully saturated rings. The van der Waals surface area contributed by atoms with E-state index in [1.807, 2.05) is 0 Å². The number of pyridine rings is 1. The first-order chi connectivity index (χ1) is 9.69. The molecule has 21 heavy (non-hydrogen) atoms. The predicted molar refractivity (Wildman–Crippen MR) is 60.1 cm³/mol. The number of halogens is 3. The number of ether oxygens (including phenoxy) is 3. The van der Waals surface area contributed by atoms with E-state index in [0.717, 1.165) is 7.11 Å². The maximum absolute atomic E-state index is 12.3. The molecule has 116 valence electrons. The number of carbonyl (C=O) groups is 1. The van der Waals surface area contributed by atoms with Crippen LogP contribution in [0, 0.1) is 10.1 Å². The molecule has 0 aliphatic carbocycles. The fourth-order valence-electron chi connectivity index (χ4n) is 1.30. The van der Waals surface area contributed by atoms with Gasteiger partial charge in [0.05, 0.1) is 24.7 Å². The van der Waals surface area contributed by atoms with Crippen LogP contribution in [-0.4, -0.2) is 36.0 Å². The van der Waals surface area contributed by atoms with Crippen molar-refractivity contribution in [2.24, 2.45) is 0 Å². The van der Waals surface area contributed by atoms with Crippen molar-refractivity contribution in [3.8, 4) is 11.6 Å². The maximum atomic E-state index is 12.3. The summed E-state index contributed by atoms with van der Waals surface area (Å²) in [5.41, 5.74) is -1.76. The molecule has 0 aliphatic rings. The van der Waals surface area contributed by atoms with Gasteiger partial charge in [-0.3, -0.25) is 10.1 Å².